The second-order valence-electron chi connectivity index (χ2n) is 7.69. The van der Waals surface area contributed by atoms with Crippen molar-refractivity contribution in [3.05, 3.63) is 71.3 Å². The Hall–Kier alpha value is -3.34. The molecular formula is C25H26N2O3. The first-order chi connectivity index (χ1) is 14.5. The Morgan fingerprint density at radius 3 is 2.63 bits per heavy atom. The third kappa shape index (κ3) is 4.01. The molecule has 1 aliphatic rings. The predicted molar refractivity (Wildman–Crippen MR) is 119 cm³/mol. The second-order valence-corrected chi connectivity index (χ2v) is 7.69. The molecule has 3 aromatic rings. The van der Waals surface area contributed by atoms with E-state index in [1.807, 2.05) is 61.5 Å². The molecule has 0 saturated carbocycles. The van der Waals surface area contributed by atoms with Gasteiger partial charge >= 0.3 is 0 Å². The molecule has 0 fully saturated rings. The number of anilines is 1. The standard InChI is InChI=1S/C25H26N2O3/c1-17-11-12-20(16-18(17)2)30-15-13-26-23(28)10-5-14-27-22-9-4-7-19-6-3-8-21(24(19)22)25(27)29/h3-4,6-9,11-12,16H,5,10,13-15H2,1-2H3,(H,26,28). The Kier molecular flexibility index (Phi) is 5.70. The van der Waals surface area contributed by atoms with Crippen LogP contribution in [0.2, 0.25) is 0 Å². The monoisotopic (exact) mass is 402 g/mol. The van der Waals surface area contributed by atoms with E-state index in [-0.39, 0.29) is 11.8 Å². The Morgan fingerprint density at radius 1 is 1.03 bits per heavy atom. The maximum absolute atomic E-state index is 12.8. The average molecular weight is 402 g/mol. The molecular weight excluding hydrogens is 376 g/mol. The third-order valence-electron chi connectivity index (χ3n) is 5.61. The minimum atomic E-state index is -0.0268. The maximum Gasteiger partial charge on any atom is 0.258 e. The van der Waals surface area contributed by atoms with E-state index in [0.717, 1.165) is 27.8 Å². The molecule has 1 N–H and O–H groups in total. The van der Waals surface area contributed by atoms with Gasteiger partial charge in [0.05, 0.1) is 12.2 Å². The van der Waals surface area contributed by atoms with Crippen LogP contribution < -0.4 is 15.0 Å². The summed E-state index contributed by atoms with van der Waals surface area (Å²) in [5, 5.41) is 4.97. The van der Waals surface area contributed by atoms with Gasteiger partial charge in [0.25, 0.3) is 5.91 Å². The van der Waals surface area contributed by atoms with Crippen LogP contribution >= 0.6 is 0 Å². The van der Waals surface area contributed by atoms with Gasteiger partial charge in [-0.2, -0.15) is 0 Å². The number of carbonyl (C=O) groups is 2. The molecule has 2 amide bonds. The minimum Gasteiger partial charge on any atom is -0.492 e. The lowest BCUT2D eigenvalue weighted by molar-refractivity contribution is -0.121. The Morgan fingerprint density at radius 2 is 1.83 bits per heavy atom. The highest BCUT2D eigenvalue weighted by Crippen LogP contribution is 2.37. The van der Waals surface area contributed by atoms with E-state index in [0.29, 0.717) is 32.5 Å². The highest BCUT2D eigenvalue weighted by atomic mass is 16.5. The van der Waals surface area contributed by atoms with Gasteiger partial charge in [0, 0.05) is 23.9 Å². The zero-order chi connectivity index (χ0) is 21.1. The van der Waals surface area contributed by atoms with Gasteiger partial charge in [0.2, 0.25) is 5.91 Å². The van der Waals surface area contributed by atoms with Crippen LogP contribution in [-0.4, -0.2) is 31.5 Å². The zero-order valence-electron chi connectivity index (χ0n) is 17.4. The van der Waals surface area contributed by atoms with Crippen molar-refractivity contribution in [3.63, 3.8) is 0 Å². The Balaban J connectivity index is 1.22. The van der Waals surface area contributed by atoms with E-state index in [1.54, 1.807) is 4.90 Å². The number of aryl methyl sites for hydroxylation is 2. The summed E-state index contributed by atoms with van der Waals surface area (Å²) in [5.41, 5.74) is 4.10. The number of ether oxygens (including phenoxy) is 1. The van der Waals surface area contributed by atoms with E-state index in [9.17, 15) is 9.59 Å². The molecule has 4 rings (SSSR count). The molecule has 5 nitrogen and oxygen atoms in total. The van der Waals surface area contributed by atoms with Gasteiger partial charge in [-0.05, 0) is 61.0 Å². The van der Waals surface area contributed by atoms with Crippen LogP contribution in [-0.2, 0) is 4.79 Å². The Labute approximate surface area is 176 Å². The van der Waals surface area contributed by atoms with Crippen molar-refractivity contribution in [2.45, 2.75) is 26.7 Å². The lowest BCUT2D eigenvalue weighted by Gasteiger charge is -2.17. The summed E-state index contributed by atoms with van der Waals surface area (Å²) < 4.78 is 5.69. The quantitative estimate of drug-likeness (QED) is 0.569. The van der Waals surface area contributed by atoms with Crippen molar-refractivity contribution in [2.24, 2.45) is 0 Å². The summed E-state index contributed by atoms with van der Waals surface area (Å²) in [5.74, 6) is 0.804. The fraction of sp³-hybridized carbons (Fsp3) is 0.280. The molecule has 0 spiro atoms. The fourth-order valence-corrected chi connectivity index (χ4v) is 3.85. The van der Waals surface area contributed by atoms with Gasteiger partial charge in [-0.15, -0.1) is 0 Å². The summed E-state index contributed by atoms with van der Waals surface area (Å²) in [6.45, 7) is 5.52. The van der Waals surface area contributed by atoms with Gasteiger partial charge in [-0.3, -0.25) is 9.59 Å². The number of nitrogens with one attached hydrogen (secondary N) is 1. The smallest absolute Gasteiger partial charge is 0.258 e. The molecule has 0 saturated heterocycles. The maximum atomic E-state index is 12.8. The van der Waals surface area contributed by atoms with Gasteiger partial charge in [-0.25, -0.2) is 0 Å². The number of nitrogens with zero attached hydrogens (tertiary/aromatic N) is 1. The summed E-state index contributed by atoms with van der Waals surface area (Å²) in [4.78, 5) is 26.7. The van der Waals surface area contributed by atoms with E-state index >= 15 is 0 Å². The van der Waals surface area contributed by atoms with Crippen molar-refractivity contribution in [2.75, 3.05) is 24.6 Å². The average Bonchev–Trinajstić information content (AvgIpc) is 3.02. The van der Waals surface area contributed by atoms with Gasteiger partial charge in [0.1, 0.15) is 12.4 Å². The number of benzene rings is 3. The normalized spacial score (nSPS) is 12.5. The van der Waals surface area contributed by atoms with E-state index < -0.39 is 0 Å². The van der Waals surface area contributed by atoms with Crippen molar-refractivity contribution >= 4 is 28.3 Å². The minimum absolute atomic E-state index is 0.0176. The van der Waals surface area contributed by atoms with Crippen LogP contribution in [0.15, 0.2) is 54.6 Å². The fourth-order valence-electron chi connectivity index (χ4n) is 3.85. The van der Waals surface area contributed by atoms with Crippen LogP contribution in [0.1, 0.15) is 34.3 Å². The van der Waals surface area contributed by atoms with E-state index in [1.165, 1.54) is 11.1 Å². The highest BCUT2D eigenvalue weighted by Gasteiger charge is 2.28. The highest BCUT2D eigenvalue weighted by molar-refractivity contribution is 6.25. The number of hydrogen-bond acceptors (Lipinski definition) is 3. The number of carbonyl (C=O) groups excluding carboxylic acids is 2. The SMILES string of the molecule is Cc1ccc(OCCNC(=O)CCCN2C(=O)c3cccc4cccc2c34)cc1C. The van der Waals surface area contributed by atoms with Crippen LogP contribution in [0, 0.1) is 13.8 Å². The topological polar surface area (TPSA) is 58.6 Å². The molecule has 0 bridgehead atoms. The third-order valence-corrected chi connectivity index (χ3v) is 5.61. The van der Waals surface area contributed by atoms with Crippen LogP contribution in [0.25, 0.3) is 10.8 Å². The van der Waals surface area contributed by atoms with Crippen LogP contribution in [0.3, 0.4) is 0 Å². The zero-order valence-corrected chi connectivity index (χ0v) is 17.4. The molecule has 30 heavy (non-hydrogen) atoms. The number of hydrogen-bond donors (Lipinski definition) is 1. The molecule has 5 heteroatoms. The van der Waals surface area contributed by atoms with Crippen LogP contribution in [0.5, 0.6) is 5.75 Å². The van der Waals surface area contributed by atoms with Gasteiger partial charge < -0.3 is 15.0 Å². The lowest BCUT2D eigenvalue weighted by Crippen LogP contribution is -2.31. The second kappa shape index (κ2) is 8.57. The summed E-state index contributed by atoms with van der Waals surface area (Å²) in [6.07, 6.45) is 0.986. The number of rotatable bonds is 8. The molecule has 0 aliphatic carbocycles. The first-order valence-electron chi connectivity index (χ1n) is 10.3. The predicted octanol–water partition coefficient (Wildman–Crippen LogP) is 4.39. The molecule has 0 aromatic heterocycles. The van der Waals surface area contributed by atoms with Crippen molar-refractivity contribution < 1.29 is 14.3 Å². The first kappa shape index (κ1) is 20.0. The molecule has 3 aromatic carbocycles. The summed E-state index contributed by atoms with van der Waals surface area (Å²) in [6, 6.07) is 17.7. The van der Waals surface area contributed by atoms with Gasteiger partial charge in [0.15, 0.2) is 0 Å². The van der Waals surface area contributed by atoms with Crippen molar-refractivity contribution in [1.29, 1.82) is 0 Å². The Bertz CT molecular complexity index is 1100. The van der Waals surface area contributed by atoms with Crippen LogP contribution in [0.4, 0.5) is 5.69 Å². The van der Waals surface area contributed by atoms with E-state index in [2.05, 4.69) is 12.2 Å². The largest absolute Gasteiger partial charge is 0.492 e. The first-order valence-corrected chi connectivity index (χ1v) is 10.3. The molecule has 0 unspecified atom stereocenters. The molecule has 1 aliphatic heterocycles. The molecule has 154 valence electrons. The van der Waals surface area contributed by atoms with Crippen molar-refractivity contribution in [3.8, 4) is 5.75 Å². The molecule has 0 radical (unpaired) electrons. The summed E-state index contributed by atoms with van der Waals surface area (Å²) >= 11 is 0. The van der Waals surface area contributed by atoms with Crippen molar-refractivity contribution in [1.82, 2.24) is 5.32 Å². The summed E-state index contributed by atoms with van der Waals surface area (Å²) in [7, 11) is 0. The van der Waals surface area contributed by atoms with E-state index in [4.69, 9.17) is 4.74 Å². The number of amides is 2. The molecule has 0 atom stereocenters. The molecule has 1 heterocycles. The lowest BCUT2D eigenvalue weighted by atomic mass is 10.1. The van der Waals surface area contributed by atoms with Gasteiger partial charge in [-0.1, -0.05) is 30.3 Å².